The summed E-state index contributed by atoms with van der Waals surface area (Å²) in [6.07, 6.45) is 3.38. The van der Waals surface area contributed by atoms with Crippen molar-refractivity contribution < 1.29 is 5.11 Å². The minimum absolute atomic E-state index is 0.0769. The second-order valence-corrected chi connectivity index (χ2v) is 8.94. The number of halogens is 1. The van der Waals surface area contributed by atoms with E-state index in [1.165, 1.54) is 11.8 Å². The summed E-state index contributed by atoms with van der Waals surface area (Å²) in [6.45, 7) is 1.93. The molecule has 8 nitrogen and oxygen atoms in total. The van der Waals surface area contributed by atoms with Gasteiger partial charge in [0.05, 0.1) is 22.5 Å². The van der Waals surface area contributed by atoms with E-state index in [4.69, 9.17) is 11.6 Å². The van der Waals surface area contributed by atoms with Crippen molar-refractivity contribution >= 4 is 40.0 Å². The van der Waals surface area contributed by atoms with Crippen LogP contribution in [0.15, 0.2) is 77.9 Å². The van der Waals surface area contributed by atoms with E-state index in [0.29, 0.717) is 27.3 Å². The van der Waals surface area contributed by atoms with Gasteiger partial charge in [0.1, 0.15) is 17.4 Å². The van der Waals surface area contributed by atoms with Crippen LogP contribution in [0, 0.1) is 18.3 Å². The van der Waals surface area contributed by atoms with Gasteiger partial charge < -0.3 is 10.1 Å². The molecule has 3 aromatic heterocycles. The number of rotatable bonds is 6. The summed E-state index contributed by atoms with van der Waals surface area (Å²) in [5.41, 5.74) is 4.10. The minimum Gasteiger partial charge on any atom is -0.510 e. The molecule has 0 amide bonds. The van der Waals surface area contributed by atoms with Crippen LogP contribution in [-0.4, -0.2) is 40.6 Å². The molecule has 0 radical (unpaired) electrons. The van der Waals surface area contributed by atoms with Gasteiger partial charge in [-0.1, -0.05) is 41.6 Å². The molecule has 0 unspecified atom stereocenters. The molecule has 10 heteroatoms. The van der Waals surface area contributed by atoms with Gasteiger partial charge in [0.15, 0.2) is 16.8 Å². The second-order valence-electron chi connectivity index (χ2n) is 7.59. The lowest BCUT2D eigenvalue weighted by Crippen LogP contribution is -2.03. The number of aliphatic hydroxyl groups is 1. The first kappa shape index (κ1) is 22.7. The number of aromatic nitrogens is 6. The number of allylic oxidation sites excluding steroid dienone is 1. The summed E-state index contributed by atoms with van der Waals surface area (Å²) in [5, 5.41) is 30.5. The Hall–Kier alpha value is -4.13. The fourth-order valence-corrected chi connectivity index (χ4v) is 4.63. The molecule has 35 heavy (non-hydrogen) atoms. The minimum atomic E-state index is -0.112. The van der Waals surface area contributed by atoms with Crippen LogP contribution in [0.2, 0.25) is 5.02 Å². The summed E-state index contributed by atoms with van der Waals surface area (Å²) in [6, 6.07) is 18.8. The highest BCUT2D eigenvalue weighted by molar-refractivity contribution is 7.99. The molecule has 2 N–H and O–H groups in total. The van der Waals surface area contributed by atoms with Crippen LogP contribution < -0.4 is 0 Å². The summed E-state index contributed by atoms with van der Waals surface area (Å²) in [5.74, 6) is 0.908. The number of hydrogen-bond acceptors (Lipinski definition) is 7. The zero-order valence-electron chi connectivity index (χ0n) is 18.5. The smallest absolute Gasteiger partial charge is 0.196 e. The predicted octanol–water partition coefficient (Wildman–Crippen LogP) is 5.75. The average molecular weight is 500 g/mol. The Morgan fingerprint density at radius 1 is 1.11 bits per heavy atom. The number of hydrogen-bond donors (Lipinski definition) is 2. The highest BCUT2D eigenvalue weighted by Crippen LogP contribution is 2.32. The third-order valence-electron chi connectivity index (χ3n) is 5.42. The molecule has 5 rings (SSSR count). The van der Waals surface area contributed by atoms with E-state index in [-0.39, 0.29) is 17.1 Å². The summed E-state index contributed by atoms with van der Waals surface area (Å²) < 4.78 is 1.89. The molecule has 5 aromatic rings. The molecule has 172 valence electrons. The Morgan fingerprint density at radius 2 is 1.91 bits per heavy atom. The molecule has 0 bridgehead atoms. The van der Waals surface area contributed by atoms with Crippen molar-refractivity contribution in [3.8, 4) is 23.1 Å². The summed E-state index contributed by atoms with van der Waals surface area (Å²) >= 11 is 7.66. The lowest BCUT2D eigenvalue weighted by atomic mass is 10.2. The fourth-order valence-electron chi connectivity index (χ4n) is 3.64. The van der Waals surface area contributed by atoms with E-state index in [9.17, 15) is 10.4 Å². The largest absolute Gasteiger partial charge is 0.510 e. The zero-order valence-corrected chi connectivity index (χ0v) is 20.0. The Balaban J connectivity index is 1.53. The number of pyridine rings is 1. The van der Waals surface area contributed by atoms with Crippen molar-refractivity contribution in [3.05, 3.63) is 89.2 Å². The van der Waals surface area contributed by atoms with Gasteiger partial charge in [-0.25, -0.2) is 4.98 Å². The van der Waals surface area contributed by atoms with E-state index in [1.807, 2.05) is 66.1 Å². The molecular formula is C25H18ClN7OS. The normalized spacial score (nSPS) is 11.9. The van der Waals surface area contributed by atoms with E-state index in [0.717, 1.165) is 22.3 Å². The number of benzene rings is 2. The third-order valence-corrected chi connectivity index (χ3v) is 6.77. The van der Waals surface area contributed by atoms with Gasteiger partial charge >= 0.3 is 0 Å². The van der Waals surface area contributed by atoms with Gasteiger partial charge in [0, 0.05) is 23.0 Å². The van der Waals surface area contributed by atoms with Crippen molar-refractivity contribution in [2.45, 2.75) is 12.1 Å². The number of H-pyrrole nitrogens is 1. The lowest BCUT2D eigenvalue weighted by Gasteiger charge is -2.14. The van der Waals surface area contributed by atoms with Crippen LogP contribution in [0.5, 0.6) is 0 Å². The number of para-hydroxylation sites is 2. The number of fused-ring (bicyclic) bond motifs is 1. The van der Waals surface area contributed by atoms with Crippen molar-refractivity contribution in [3.63, 3.8) is 0 Å². The van der Waals surface area contributed by atoms with Crippen molar-refractivity contribution in [1.82, 2.24) is 29.7 Å². The van der Waals surface area contributed by atoms with Crippen molar-refractivity contribution in [2.75, 3.05) is 5.75 Å². The highest BCUT2D eigenvalue weighted by Gasteiger charge is 2.20. The number of aromatic amines is 1. The number of nitrogens with zero attached hydrogens (tertiary/aromatic N) is 6. The molecule has 0 aliphatic rings. The standard InChI is InChI=1S/C25H18ClN7OS/c1-15-18(26)5-4-8-21(15)33-24(16-9-11-28-12-10-16)31-32-25(33)35-14-22(34)17(13-27)23-29-19-6-2-3-7-20(19)30-23/h2-12,34H,14H2,1H3,(H,29,30)/b22-17+. The third kappa shape index (κ3) is 4.37. The number of thioether (sulfide) groups is 1. The van der Waals surface area contributed by atoms with Gasteiger partial charge in [-0.3, -0.25) is 9.55 Å². The molecule has 0 fully saturated rings. The van der Waals surface area contributed by atoms with E-state index < -0.39 is 0 Å². The van der Waals surface area contributed by atoms with E-state index in [1.54, 1.807) is 12.4 Å². The van der Waals surface area contributed by atoms with E-state index >= 15 is 0 Å². The maximum Gasteiger partial charge on any atom is 0.196 e. The maximum atomic E-state index is 10.8. The molecule has 2 aromatic carbocycles. The topological polar surface area (TPSA) is 116 Å². The first-order valence-corrected chi connectivity index (χ1v) is 11.9. The molecule has 0 saturated heterocycles. The highest BCUT2D eigenvalue weighted by atomic mass is 35.5. The Labute approximate surface area is 210 Å². The van der Waals surface area contributed by atoms with Crippen LogP contribution in [0.1, 0.15) is 11.4 Å². The number of nitrogens with one attached hydrogen (secondary N) is 1. The molecular weight excluding hydrogens is 482 g/mol. The average Bonchev–Trinajstić information content (AvgIpc) is 3.49. The number of nitriles is 1. The van der Waals surface area contributed by atoms with Crippen LogP contribution in [0.4, 0.5) is 0 Å². The molecule has 0 atom stereocenters. The molecule has 3 heterocycles. The SMILES string of the molecule is Cc1c(Cl)cccc1-n1c(SC/C(O)=C(/C#N)c2nc3ccccc3[nH]2)nnc1-c1ccncc1. The number of aliphatic hydroxyl groups excluding tert-OH is 1. The van der Waals surface area contributed by atoms with Gasteiger partial charge in [-0.2, -0.15) is 5.26 Å². The van der Waals surface area contributed by atoms with Gasteiger partial charge in [0.2, 0.25) is 0 Å². The first-order valence-electron chi connectivity index (χ1n) is 10.6. The van der Waals surface area contributed by atoms with Crippen molar-refractivity contribution in [2.24, 2.45) is 0 Å². The van der Waals surface area contributed by atoms with Crippen LogP contribution in [-0.2, 0) is 0 Å². The molecule has 0 aliphatic heterocycles. The first-order chi connectivity index (χ1) is 17.1. The van der Waals surface area contributed by atoms with Gasteiger partial charge in [-0.15, -0.1) is 10.2 Å². The van der Waals surface area contributed by atoms with Crippen LogP contribution in [0.3, 0.4) is 0 Å². The van der Waals surface area contributed by atoms with Gasteiger partial charge in [-0.05, 0) is 48.9 Å². The lowest BCUT2D eigenvalue weighted by molar-refractivity contribution is 0.420. The van der Waals surface area contributed by atoms with E-state index in [2.05, 4.69) is 31.2 Å². The molecule has 0 saturated carbocycles. The monoisotopic (exact) mass is 499 g/mol. The maximum absolute atomic E-state index is 10.8. The van der Waals surface area contributed by atoms with Crippen molar-refractivity contribution in [1.29, 1.82) is 5.26 Å². The summed E-state index contributed by atoms with van der Waals surface area (Å²) in [4.78, 5) is 11.6. The summed E-state index contributed by atoms with van der Waals surface area (Å²) in [7, 11) is 0. The Bertz CT molecular complexity index is 1570. The Kier molecular flexibility index (Phi) is 6.23. The van der Waals surface area contributed by atoms with Crippen LogP contribution >= 0.6 is 23.4 Å². The Morgan fingerprint density at radius 3 is 2.69 bits per heavy atom. The number of imidazole rings is 1. The fraction of sp³-hybridized carbons (Fsp3) is 0.0800. The van der Waals surface area contributed by atoms with Gasteiger partial charge in [0.25, 0.3) is 0 Å². The predicted molar refractivity (Wildman–Crippen MR) is 136 cm³/mol. The van der Waals surface area contributed by atoms with Crippen LogP contribution in [0.25, 0.3) is 33.7 Å². The molecule has 0 aliphatic carbocycles. The second kappa shape index (κ2) is 9.62. The zero-order chi connectivity index (χ0) is 24.4. The quantitative estimate of drug-likeness (QED) is 0.173. The molecule has 0 spiro atoms.